The third kappa shape index (κ3) is 5.23. The van der Waals surface area contributed by atoms with Crippen LogP contribution < -0.4 is 16.6 Å². The van der Waals surface area contributed by atoms with E-state index in [4.69, 9.17) is 10.6 Å². The van der Waals surface area contributed by atoms with Gasteiger partial charge in [0.25, 0.3) is 5.91 Å². The summed E-state index contributed by atoms with van der Waals surface area (Å²) >= 11 is 0. The number of nitrogens with zero attached hydrogens (tertiary/aromatic N) is 1. The molecule has 0 radical (unpaired) electrons. The molecule has 1 rings (SSSR count). The summed E-state index contributed by atoms with van der Waals surface area (Å²) in [7, 11) is 1.67. The molecule has 0 atom stereocenters. The quantitative estimate of drug-likeness (QED) is 0.509. The lowest BCUT2D eigenvalue weighted by Gasteiger charge is -2.24. The van der Waals surface area contributed by atoms with Crippen molar-refractivity contribution in [3.05, 3.63) is 23.9 Å². The Bertz CT molecular complexity index is 404. The number of ether oxygens (including phenoxy) is 1. The normalized spacial score (nSPS) is 11.2. The fourth-order valence-corrected chi connectivity index (χ4v) is 1.50. The van der Waals surface area contributed by atoms with Crippen LogP contribution in [0.2, 0.25) is 0 Å². The molecule has 0 aromatic carbocycles. The largest absolute Gasteiger partial charge is 0.385 e. The van der Waals surface area contributed by atoms with Gasteiger partial charge >= 0.3 is 0 Å². The Labute approximate surface area is 113 Å². The fraction of sp³-hybridized carbons (Fsp3) is 0.538. The average Bonchev–Trinajstić information content (AvgIpc) is 2.43. The first-order valence-corrected chi connectivity index (χ1v) is 6.18. The molecular weight excluding hydrogens is 244 g/mol. The minimum absolute atomic E-state index is 0.00213. The van der Waals surface area contributed by atoms with E-state index in [-0.39, 0.29) is 11.3 Å². The predicted molar refractivity (Wildman–Crippen MR) is 74.7 cm³/mol. The number of anilines is 1. The maximum Gasteiger partial charge on any atom is 0.252 e. The minimum Gasteiger partial charge on any atom is -0.385 e. The van der Waals surface area contributed by atoms with E-state index >= 15 is 0 Å². The van der Waals surface area contributed by atoms with Crippen LogP contribution in [0.25, 0.3) is 0 Å². The average molecular weight is 266 g/mol. The second-order valence-electron chi connectivity index (χ2n) is 5.17. The number of rotatable bonds is 7. The van der Waals surface area contributed by atoms with Crippen LogP contribution in [0.5, 0.6) is 0 Å². The van der Waals surface area contributed by atoms with Crippen molar-refractivity contribution in [3.8, 4) is 0 Å². The van der Waals surface area contributed by atoms with Gasteiger partial charge in [0.15, 0.2) is 0 Å². The third-order valence-electron chi connectivity index (χ3n) is 2.88. The summed E-state index contributed by atoms with van der Waals surface area (Å²) in [6, 6.07) is 3.34. The number of amides is 1. The van der Waals surface area contributed by atoms with E-state index in [1.807, 2.05) is 0 Å². The molecule has 6 heteroatoms. The van der Waals surface area contributed by atoms with Crippen LogP contribution in [0.4, 0.5) is 5.82 Å². The number of hydrogen-bond donors (Lipinski definition) is 3. The number of nitrogens with two attached hydrogens (primary N) is 1. The molecule has 0 spiro atoms. The molecule has 0 aliphatic carbocycles. The van der Waals surface area contributed by atoms with Gasteiger partial charge in [0.1, 0.15) is 5.82 Å². The first-order chi connectivity index (χ1) is 8.98. The topological polar surface area (TPSA) is 89.3 Å². The standard InChI is InChI=1S/C13H22N4O2/c1-13(2,6-7-19-3)9-16-12(18)10-4-5-11(17-14)15-8-10/h4-5,8H,6-7,9,14H2,1-3H3,(H,15,17)(H,16,18). The van der Waals surface area contributed by atoms with Gasteiger partial charge in [-0.3, -0.25) is 4.79 Å². The molecule has 106 valence electrons. The van der Waals surface area contributed by atoms with Crippen LogP contribution in [-0.2, 0) is 4.74 Å². The highest BCUT2D eigenvalue weighted by atomic mass is 16.5. The Morgan fingerprint density at radius 2 is 2.21 bits per heavy atom. The maximum atomic E-state index is 11.9. The van der Waals surface area contributed by atoms with Gasteiger partial charge in [-0.1, -0.05) is 13.8 Å². The second kappa shape index (κ2) is 7.06. The molecule has 6 nitrogen and oxygen atoms in total. The molecular formula is C13H22N4O2. The van der Waals surface area contributed by atoms with E-state index in [9.17, 15) is 4.79 Å². The zero-order valence-corrected chi connectivity index (χ0v) is 11.7. The molecule has 19 heavy (non-hydrogen) atoms. The summed E-state index contributed by atoms with van der Waals surface area (Å²) in [6.07, 6.45) is 2.38. The van der Waals surface area contributed by atoms with E-state index in [2.05, 4.69) is 29.6 Å². The second-order valence-corrected chi connectivity index (χ2v) is 5.17. The molecule has 4 N–H and O–H groups in total. The molecule has 0 aliphatic rings. The summed E-state index contributed by atoms with van der Waals surface area (Å²) in [4.78, 5) is 15.9. The number of nitrogen functional groups attached to an aromatic ring is 1. The van der Waals surface area contributed by atoms with Gasteiger partial charge < -0.3 is 15.5 Å². The Balaban J connectivity index is 2.50. The van der Waals surface area contributed by atoms with E-state index in [1.54, 1.807) is 19.2 Å². The SMILES string of the molecule is COCCC(C)(C)CNC(=O)c1ccc(NN)nc1. The van der Waals surface area contributed by atoms with E-state index in [0.717, 1.165) is 6.42 Å². The zero-order chi connectivity index (χ0) is 14.3. The number of nitrogens with one attached hydrogen (secondary N) is 2. The molecule has 0 aliphatic heterocycles. The molecule has 1 heterocycles. The number of hydrogen-bond acceptors (Lipinski definition) is 5. The van der Waals surface area contributed by atoms with Crippen LogP contribution in [0.1, 0.15) is 30.6 Å². The summed E-state index contributed by atoms with van der Waals surface area (Å²) in [5.41, 5.74) is 2.93. The molecule has 0 saturated carbocycles. The summed E-state index contributed by atoms with van der Waals surface area (Å²) in [5.74, 6) is 5.60. The van der Waals surface area contributed by atoms with Crippen LogP contribution >= 0.6 is 0 Å². The highest BCUT2D eigenvalue weighted by Gasteiger charge is 2.19. The molecule has 1 aromatic heterocycles. The molecule has 0 saturated heterocycles. The van der Waals surface area contributed by atoms with Gasteiger partial charge in [0, 0.05) is 26.5 Å². The van der Waals surface area contributed by atoms with Crippen molar-refractivity contribution in [1.29, 1.82) is 0 Å². The third-order valence-corrected chi connectivity index (χ3v) is 2.88. The Morgan fingerprint density at radius 1 is 1.47 bits per heavy atom. The summed E-state index contributed by atoms with van der Waals surface area (Å²) < 4.78 is 5.05. The molecule has 1 aromatic rings. The Hall–Kier alpha value is -1.66. The van der Waals surface area contributed by atoms with Crippen molar-refractivity contribution >= 4 is 11.7 Å². The summed E-state index contributed by atoms with van der Waals surface area (Å²) in [6.45, 7) is 5.45. The van der Waals surface area contributed by atoms with Crippen LogP contribution in [0, 0.1) is 5.41 Å². The highest BCUT2D eigenvalue weighted by Crippen LogP contribution is 2.18. The van der Waals surface area contributed by atoms with Crippen LogP contribution in [-0.4, -0.2) is 31.2 Å². The van der Waals surface area contributed by atoms with Crippen LogP contribution in [0.3, 0.4) is 0 Å². The monoisotopic (exact) mass is 266 g/mol. The highest BCUT2D eigenvalue weighted by molar-refractivity contribution is 5.94. The number of carbonyl (C=O) groups is 1. The maximum absolute atomic E-state index is 11.9. The first kappa shape index (κ1) is 15.4. The molecule has 0 bridgehead atoms. The summed E-state index contributed by atoms with van der Waals surface area (Å²) in [5, 5.41) is 2.90. The van der Waals surface area contributed by atoms with Gasteiger partial charge in [-0.15, -0.1) is 0 Å². The van der Waals surface area contributed by atoms with Crippen molar-refractivity contribution in [3.63, 3.8) is 0 Å². The van der Waals surface area contributed by atoms with E-state index in [0.29, 0.717) is 24.5 Å². The number of hydrazine groups is 1. The number of carbonyl (C=O) groups excluding carboxylic acids is 1. The lowest BCUT2D eigenvalue weighted by Crippen LogP contribution is -2.34. The predicted octanol–water partition coefficient (Wildman–Crippen LogP) is 1.16. The number of pyridine rings is 1. The Kier molecular flexibility index (Phi) is 5.72. The first-order valence-electron chi connectivity index (χ1n) is 6.18. The van der Waals surface area contributed by atoms with E-state index < -0.39 is 0 Å². The smallest absolute Gasteiger partial charge is 0.252 e. The molecule has 0 unspecified atom stereocenters. The zero-order valence-electron chi connectivity index (χ0n) is 11.7. The van der Waals surface area contributed by atoms with Gasteiger partial charge in [-0.05, 0) is 24.0 Å². The van der Waals surface area contributed by atoms with Crippen LogP contribution in [0.15, 0.2) is 18.3 Å². The van der Waals surface area contributed by atoms with Gasteiger partial charge in [-0.2, -0.15) is 0 Å². The van der Waals surface area contributed by atoms with Crippen molar-refractivity contribution in [2.45, 2.75) is 20.3 Å². The van der Waals surface area contributed by atoms with Crippen molar-refractivity contribution in [1.82, 2.24) is 10.3 Å². The fourth-order valence-electron chi connectivity index (χ4n) is 1.50. The van der Waals surface area contributed by atoms with Crippen molar-refractivity contribution < 1.29 is 9.53 Å². The van der Waals surface area contributed by atoms with Gasteiger partial charge in [0.05, 0.1) is 5.56 Å². The lowest BCUT2D eigenvalue weighted by molar-refractivity contribution is 0.0920. The van der Waals surface area contributed by atoms with Gasteiger partial charge in [-0.25, -0.2) is 10.8 Å². The van der Waals surface area contributed by atoms with Gasteiger partial charge in [0.2, 0.25) is 0 Å². The molecule has 1 amide bonds. The lowest BCUT2D eigenvalue weighted by atomic mass is 9.89. The number of methoxy groups -OCH3 is 1. The Morgan fingerprint density at radius 3 is 2.74 bits per heavy atom. The van der Waals surface area contributed by atoms with E-state index in [1.165, 1.54) is 6.20 Å². The number of aromatic nitrogens is 1. The van der Waals surface area contributed by atoms with Crippen molar-refractivity contribution in [2.75, 3.05) is 25.7 Å². The minimum atomic E-state index is -0.137. The molecule has 0 fully saturated rings. The van der Waals surface area contributed by atoms with Crippen molar-refractivity contribution in [2.24, 2.45) is 11.3 Å².